The molecule has 20 heavy (non-hydrogen) atoms. The number of rotatable bonds is 2. The van der Waals surface area contributed by atoms with Gasteiger partial charge in [-0.1, -0.05) is 59.6 Å². The fourth-order valence-corrected chi connectivity index (χ4v) is 2.45. The van der Waals surface area contributed by atoms with Crippen molar-refractivity contribution >= 4 is 13.3 Å². The number of hydrogen-bond donors (Lipinski definition) is 0. The van der Waals surface area contributed by atoms with Crippen molar-refractivity contribution in [2.45, 2.75) is 19.1 Å². The van der Waals surface area contributed by atoms with E-state index in [1.165, 1.54) is 16.6 Å². The van der Waals surface area contributed by atoms with Gasteiger partial charge in [0.05, 0.1) is 13.2 Å². The van der Waals surface area contributed by atoms with Crippen molar-refractivity contribution in [3.63, 3.8) is 0 Å². The normalized spacial score (nSPS) is 22.6. The van der Waals surface area contributed by atoms with Crippen LogP contribution in [0.25, 0.3) is 0 Å². The Bertz CT molecular complexity index is 501. The first-order valence-electron chi connectivity index (χ1n) is 7.09. The zero-order chi connectivity index (χ0) is 13.9. The van der Waals surface area contributed by atoms with Crippen LogP contribution in [0.5, 0.6) is 0 Å². The SMILES string of the molecule is Bc1ccc(C2COC(c3ccc(C)cc3)OC2)cc1. The average Bonchev–Trinajstić information content (AvgIpc) is 2.49. The summed E-state index contributed by atoms with van der Waals surface area (Å²) in [5, 5.41) is 0. The minimum atomic E-state index is -0.225. The Hall–Kier alpha value is -1.58. The summed E-state index contributed by atoms with van der Waals surface area (Å²) in [6, 6.07) is 16.9. The number of aryl methyl sites for hydroxylation is 1. The van der Waals surface area contributed by atoms with Crippen molar-refractivity contribution in [3.05, 3.63) is 65.2 Å². The van der Waals surface area contributed by atoms with Gasteiger partial charge in [-0.25, -0.2) is 0 Å². The summed E-state index contributed by atoms with van der Waals surface area (Å²) in [5.74, 6) is 0.331. The second kappa shape index (κ2) is 5.82. The van der Waals surface area contributed by atoms with Gasteiger partial charge in [-0.05, 0) is 12.5 Å². The van der Waals surface area contributed by atoms with Gasteiger partial charge in [0.1, 0.15) is 7.85 Å². The molecule has 0 aliphatic carbocycles. The Morgan fingerprint density at radius 3 is 2.00 bits per heavy atom. The van der Waals surface area contributed by atoms with Gasteiger partial charge >= 0.3 is 0 Å². The summed E-state index contributed by atoms with van der Waals surface area (Å²) in [4.78, 5) is 0. The first kappa shape index (κ1) is 13.4. The van der Waals surface area contributed by atoms with E-state index in [2.05, 4.69) is 63.3 Å². The first-order valence-corrected chi connectivity index (χ1v) is 7.09. The average molecular weight is 266 g/mol. The molecule has 0 radical (unpaired) electrons. The molecule has 2 nitrogen and oxygen atoms in total. The maximum Gasteiger partial charge on any atom is 0.183 e. The van der Waals surface area contributed by atoms with E-state index >= 15 is 0 Å². The molecule has 1 aliphatic rings. The summed E-state index contributed by atoms with van der Waals surface area (Å²) < 4.78 is 11.8. The lowest BCUT2D eigenvalue weighted by Gasteiger charge is -2.30. The standard InChI is InChI=1S/C17H19BO2/c1-12-2-4-14(5-3-12)17-19-10-15(11-20-17)13-6-8-16(18)9-7-13/h2-9,15,17H,10-11,18H2,1H3. The molecule has 0 amide bonds. The van der Waals surface area contributed by atoms with Crippen LogP contribution in [0.1, 0.15) is 28.9 Å². The van der Waals surface area contributed by atoms with Gasteiger partial charge in [0.2, 0.25) is 0 Å². The van der Waals surface area contributed by atoms with Crippen LogP contribution in [0, 0.1) is 6.92 Å². The molecule has 1 fully saturated rings. The molecular formula is C17H19BO2. The van der Waals surface area contributed by atoms with Crippen LogP contribution in [0.15, 0.2) is 48.5 Å². The van der Waals surface area contributed by atoms with E-state index in [9.17, 15) is 0 Å². The van der Waals surface area contributed by atoms with Crippen LogP contribution in [0.3, 0.4) is 0 Å². The largest absolute Gasteiger partial charge is 0.348 e. The van der Waals surface area contributed by atoms with E-state index in [1.54, 1.807) is 0 Å². The summed E-state index contributed by atoms with van der Waals surface area (Å²) in [6.45, 7) is 3.50. The molecule has 102 valence electrons. The van der Waals surface area contributed by atoms with E-state index in [1.807, 2.05) is 0 Å². The molecule has 0 spiro atoms. The molecule has 2 aromatic carbocycles. The van der Waals surface area contributed by atoms with Crippen LogP contribution in [-0.4, -0.2) is 21.1 Å². The zero-order valence-electron chi connectivity index (χ0n) is 12.0. The highest BCUT2D eigenvalue weighted by Crippen LogP contribution is 2.29. The van der Waals surface area contributed by atoms with Crippen LogP contribution < -0.4 is 5.46 Å². The Kier molecular flexibility index (Phi) is 3.90. The Labute approximate surface area is 121 Å². The van der Waals surface area contributed by atoms with E-state index in [0.717, 1.165) is 5.56 Å². The number of hydrogen-bond acceptors (Lipinski definition) is 2. The first-order chi connectivity index (χ1) is 9.72. The molecule has 0 aromatic heterocycles. The van der Waals surface area contributed by atoms with Crippen LogP contribution in [0.2, 0.25) is 0 Å². The summed E-state index contributed by atoms with van der Waals surface area (Å²) in [7, 11) is 2.10. The van der Waals surface area contributed by atoms with Crippen molar-refractivity contribution < 1.29 is 9.47 Å². The van der Waals surface area contributed by atoms with Gasteiger partial charge in [-0.15, -0.1) is 0 Å². The number of benzene rings is 2. The smallest absolute Gasteiger partial charge is 0.183 e. The molecule has 0 saturated carbocycles. The maximum atomic E-state index is 5.88. The van der Waals surface area contributed by atoms with E-state index in [4.69, 9.17) is 9.47 Å². The molecule has 3 heteroatoms. The molecule has 3 rings (SSSR count). The number of ether oxygens (including phenoxy) is 2. The third kappa shape index (κ3) is 2.95. The summed E-state index contributed by atoms with van der Waals surface area (Å²) >= 11 is 0. The highest BCUT2D eigenvalue weighted by molar-refractivity contribution is 6.32. The molecule has 1 aliphatic heterocycles. The fourth-order valence-electron chi connectivity index (χ4n) is 2.45. The lowest BCUT2D eigenvalue weighted by atomic mass is 9.92. The zero-order valence-corrected chi connectivity index (χ0v) is 12.0. The Morgan fingerprint density at radius 1 is 0.850 bits per heavy atom. The lowest BCUT2D eigenvalue weighted by molar-refractivity contribution is -0.191. The Balaban J connectivity index is 1.64. The van der Waals surface area contributed by atoms with Crippen LogP contribution >= 0.6 is 0 Å². The molecule has 0 unspecified atom stereocenters. The quantitative estimate of drug-likeness (QED) is 0.775. The van der Waals surface area contributed by atoms with Gasteiger partial charge < -0.3 is 9.47 Å². The van der Waals surface area contributed by atoms with Gasteiger partial charge in [0, 0.05) is 11.5 Å². The van der Waals surface area contributed by atoms with Crippen molar-refractivity contribution in [2.24, 2.45) is 0 Å². The summed E-state index contributed by atoms with van der Waals surface area (Å²) in [6.07, 6.45) is -0.225. The third-order valence-electron chi connectivity index (χ3n) is 3.80. The second-order valence-electron chi connectivity index (χ2n) is 5.52. The molecule has 0 N–H and O–H groups in total. The van der Waals surface area contributed by atoms with Gasteiger partial charge in [0.25, 0.3) is 0 Å². The van der Waals surface area contributed by atoms with Crippen molar-refractivity contribution in [1.82, 2.24) is 0 Å². The van der Waals surface area contributed by atoms with Gasteiger partial charge in [-0.2, -0.15) is 0 Å². The highest BCUT2D eigenvalue weighted by atomic mass is 16.7. The molecule has 1 heterocycles. The molecule has 0 bridgehead atoms. The predicted octanol–water partition coefficient (Wildman–Crippen LogP) is 2.08. The molecule has 1 saturated heterocycles. The van der Waals surface area contributed by atoms with Crippen molar-refractivity contribution in [3.8, 4) is 0 Å². The van der Waals surface area contributed by atoms with E-state index in [-0.39, 0.29) is 6.29 Å². The van der Waals surface area contributed by atoms with E-state index in [0.29, 0.717) is 19.1 Å². The minimum Gasteiger partial charge on any atom is -0.348 e. The molecular weight excluding hydrogens is 247 g/mol. The van der Waals surface area contributed by atoms with E-state index < -0.39 is 0 Å². The summed E-state index contributed by atoms with van der Waals surface area (Å²) in [5.41, 5.74) is 4.92. The maximum absolute atomic E-state index is 5.88. The monoisotopic (exact) mass is 266 g/mol. The third-order valence-corrected chi connectivity index (χ3v) is 3.80. The van der Waals surface area contributed by atoms with Crippen LogP contribution in [-0.2, 0) is 9.47 Å². The molecule has 2 aromatic rings. The lowest BCUT2D eigenvalue weighted by Crippen LogP contribution is -2.25. The van der Waals surface area contributed by atoms with Crippen molar-refractivity contribution in [1.29, 1.82) is 0 Å². The Morgan fingerprint density at radius 2 is 1.40 bits per heavy atom. The highest BCUT2D eigenvalue weighted by Gasteiger charge is 2.24. The minimum absolute atomic E-state index is 0.225. The van der Waals surface area contributed by atoms with Crippen LogP contribution in [0.4, 0.5) is 0 Å². The predicted molar refractivity (Wildman–Crippen MR) is 83.2 cm³/mol. The van der Waals surface area contributed by atoms with Gasteiger partial charge in [0.15, 0.2) is 6.29 Å². The fraction of sp³-hybridized carbons (Fsp3) is 0.294. The molecule has 0 atom stereocenters. The second-order valence-corrected chi connectivity index (χ2v) is 5.52. The van der Waals surface area contributed by atoms with Crippen molar-refractivity contribution in [2.75, 3.05) is 13.2 Å². The topological polar surface area (TPSA) is 18.5 Å². The van der Waals surface area contributed by atoms with Gasteiger partial charge in [-0.3, -0.25) is 0 Å².